The number of nitrogens with zero attached hydrogens (tertiary/aromatic N) is 2. The average Bonchev–Trinajstić information content (AvgIpc) is 3.69. The minimum atomic E-state index is 0.709. The Kier molecular flexibility index (Phi) is 5.84. The van der Waals surface area contributed by atoms with E-state index >= 15 is 0 Å². The van der Waals surface area contributed by atoms with Crippen LogP contribution in [0.4, 0.5) is 11.5 Å². The van der Waals surface area contributed by atoms with E-state index in [9.17, 15) is 0 Å². The van der Waals surface area contributed by atoms with Gasteiger partial charge in [-0.05, 0) is 66.6 Å². The molecular weight excluding hydrogens is 450 g/mol. The molecule has 172 valence electrons. The molecule has 1 saturated carbocycles. The van der Waals surface area contributed by atoms with E-state index < -0.39 is 0 Å². The Balaban J connectivity index is 1.22. The number of hydrogen-bond donors (Lipinski definition) is 1. The van der Waals surface area contributed by atoms with Crippen molar-refractivity contribution in [1.82, 2.24) is 10.1 Å². The fourth-order valence-corrected chi connectivity index (χ4v) is 5.00. The van der Waals surface area contributed by atoms with Gasteiger partial charge in [0.25, 0.3) is 0 Å². The van der Waals surface area contributed by atoms with Gasteiger partial charge in [0.1, 0.15) is 22.2 Å². The largest absolute Gasteiger partial charge is 0.354 e. The quantitative estimate of drug-likeness (QED) is 0.256. The van der Waals surface area contributed by atoms with Gasteiger partial charge in [-0.15, -0.1) is 0 Å². The topological polar surface area (TPSA) is 51.0 Å². The van der Waals surface area contributed by atoms with Crippen molar-refractivity contribution in [2.24, 2.45) is 0 Å². The Morgan fingerprint density at radius 1 is 0.771 bits per heavy atom. The lowest BCUT2D eigenvalue weighted by molar-refractivity contribution is 0.427. The van der Waals surface area contributed by atoms with Crippen LogP contribution in [0.2, 0.25) is 0 Å². The highest BCUT2D eigenvalue weighted by Gasteiger charge is 2.23. The summed E-state index contributed by atoms with van der Waals surface area (Å²) in [5, 5.41) is 8.58. The SMILES string of the molecule is Cc1noc(-c2ccc(-c3ccc(C4CC4)cc3)cc2)c1Nc1cccc(Sc2ccccc2)n1. The molecule has 0 bridgehead atoms. The highest BCUT2D eigenvalue weighted by atomic mass is 32.2. The molecule has 2 aromatic heterocycles. The van der Waals surface area contributed by atoms with Gasteiger partial charge in [-0.25, -0.2) is 4.98 Å². The van der Waals surface area contributed by atoms with Gasteiger partial charge < -0.3 is 9.84 Å². The van der Waals surface area contributed by atoms with E-state index in [1.165, 1.54) is 29.5 Å². The van der Waals surface area contributed by atoms with Crippen molar-refractivity contribution in [3.63, 3.8) is 0 Å². The van der Waals surface area contributed by atoms with Crippen molar-refractivity contribution in [1.29, 1.82) is 0 Å². The summed E-state index contributed by atoms with van der Waals surface area (Å²) >= 11 is 1.63. The van der Waals surface area contributed by atoms with Crippen molar-refractivity contribution < 1.29 is 4.52 Å². The third-order valence-corrected chi connectivity index (χ3v) is 7.19. The zero-order chi connectivity index (χ0) is 23.6. The lowest BCUT2D eigenvalue weighted by Gasteiger charge is -2.09. The van der Waals surface area contributed by atoms with Crippen LogP contribution >= 0.6 is 11.8 Å². The first-order valence-electron chi connectivity index (χ1n) is 11.9. The number of nitrogens with one attached hydrogen (secondary N) is 1. The maximum Gasteiger partial charge on any atom is 0.190 e. The highest BCUT2D eigenvalue weighted by molar-refractivity contribution is 7.99. The van der Waals surface area contributed by atoms with Gasteiger partial charge >= 0.3 is 0 Å². The van der Waals surface area contributed by atoms with Gasteiger partial charge in [0, 0.05) is 10.5 Å². The molecule has 3 aromatic carbocycles. The number of anilines is 2. The van der Waals surface area contributed by atoms with Crippen LogP contribution in [0.5, 0.6) is 0 Å². The van der Waals surface area contributed by atoms with Gasteiger partial charge in [0.15, 0.2) is 5.76 Å². The lowest BCUT2D eigenvalue weighted by Crippen LogP contribution is -1.96. The molecule has 35 heavy (non-hydrogen) atoms. The third-order valence-electron chi connectivity index (χ3n) is 6.24. The smallest absolute Gasteiger partial charge is 0.190 e. The fourth-order valence-electron chi connectivity index (χ4n) is 4.17. The molecule has 6 rings (SSSR count). The Morgan fingerprint density at radius 2 is 1.46 bits per heavy atom. The molecule has 1 aliphatic carbocycles. The van der Waals surface area contributed by atoms with Gasteiger partial charge in [0.05, 0.1) is 0 Å². The third kappa shape index (κ3) is 4.86. The zero-order valence-electron chi connectivity index (χ0n) is 19.4. The van der Waals surface area contributed by atoms with E-state index in [1.54, 1.807) is 11.8 Å². The van der Waals surface area contributed by atoms with Crippen LogP contribution in [0.25, 0.3) is 22.5 Å². The zero-order valence-corrected chi connectivity index (χ0v) is 20.3. The molecule has 0 spiro atoms. The van der Waals surface area contributed by atoms with Gasteiger partial charge in [0.2, 0.25) is 0 Å². The molecule has 5 aromatic rings. The maximum atomic E-state index is 5.73. The molecule has 0 radical (unpaired) electrons. The van der Waals surface area contributed by atoms with Crippen LogP contribution in [-0.4, -0.2) is 10.1 Å². The van der Waals surface area contributed by atoms with Crippen LogP contribution < -0.4 is 5.32 Å². The Bertz CT molecular complexity index is 1440. The monoisotopic (exact) mass is 475 g/mol. The predicted octanol–water partition coefficient (Wildman–Crippen LogP) is 8.48. The van der Waals surface area contributed by atoms with Crippen molar-refractivity contribution in [3.05, 3.63) is 108 Å². The summed E-state index contributed by atoms with van der Waals surface area (Å²) in [6, 6.07) is 33.7. The molecule has 0 saturated heterocycles. The number of rotatable bonds is 7. The van der Waals surface area contributed by atoms with Crippen molar-refractivity contribution >= 4 is 23.3 Å². The maximum absolute atomic E-state index is 5.73. The van der Waals surface area contributed by atoms with Gasteiger partial charge in [-0.2, -0.15) is 0 Å². The van der Waals surface area contributed by atoms with Crippen molar-refractivity contribution in [2.75, 3.05) is 5.32 Å². The average molecular weight is 476 g/mol. The van der Waals surface area contributed by atoms with Crippen LogP contribution in [0.1, 0.15) is 30.0 Å². The van der Waals surface area contributed by atoms with E-state index in [2.05, 4.69) is 71.1 Å². The molecule has 1 fully saturated rings. The highest BCUT2D eigenvalue weighted by Crippen LogP contribution is 2.40. The summed E-state index contributed by atoms with van der Waals surface area (Å²) in [6.07, 6.45) is 2.65. The van der Waals surface area contributed by atoms with Crippen LogP contribution in [0, 0.1) is 6.92 Å². The number of aromatic nitrogens is 2. The summed E-state index contributed by atoms with van der Waals surface area (Å²) in [6.45, 7) is 1.94. The molecule has 0 aliphatic heterocycles. The van der Waals surface area contributed by atoms with Crippen LogP contribution in [-0.2, 0) is 0 Å². The van der Waals surface area contributed by atoms with Crippen LogP contribution in [0.15, 0.2) is 112 Å². The van der Waals surface area contributed by atoms with E-state index in [-0.39, 0.29) is 0 Å². The van der Waals surface area contributed by atoms with Crippen LogP contribution in [0.3, 0.4) is 0 Å². The number of hydrogen-bond acceptors (Lipinski definition) is 5. The van der Waals surface area contributed by atoms with Gasteiger partial charge in [-0.3, -0.25) is 0 Å². The normalized spacial score (nSPS) is 13.1. The fraction of sp³-hybridized carbons (Fsp3) is 0.133. The number of aryl methyl sites for hydroxylation is 1. The number of pyridine rings is 1. The first-order valence-corrected chi connectivity index (χ1v) is 12.7. The second-order valence-corrected chi connectivity index (χ2v) is 9.94. The molecule has 0 atom stereocenters. The van der Waals surface area contributed by atoms with Crippen molar-refractivity contribution in [2.45, 2.75) is 35.6 Å². The summed E-state index contributed by atoms with van der Waals surface area (Å²) in [7, 11) is 0. The summed E-state index contributed by atoms with van der Waals surface area (Å²) < 4.78 is 5.73. The second-order valence-electron chi connectivity index (χ2n) is 8.85. The summed E-state index contributed by atoms with van der Waals surface area (Å²) in [4.78, 5) is 5.93. The summed E-state index contributed by atoms with van der Waals surface area (Å²) in [5.74, 6) is 2.24. The van der Waals surface area contributed by atoms with E-state index in [0.717, 1.165) is 38.6 Å². The van der Waals surface area contributed by atoms with E-state index in [0.29, 0.717) is 5.76 Å². The van der Waals surface area contributed by atoms with Crippen molar-refractivity contribution in [3.8, 4) is 22.5 Å². The molecule has 0 unspecified atom stereocenters. The standard InChI is InChI=1S/C30H25N3OS/c1-20-29(32-27-8-5-9-28(31-27)35-26-6-3-2-4-7-26)30(34-33-20)25-18-16-24(17-19-25)23-14-12-22(13-15-23)21-10-11-21/h2-9,12-19,21H,10-11H2,1H3,(H,31,32). The molecule has 4 nitrogen and oxygen atoms in total. The van der Waals surface area contributed by atoms with E-state index in [4.69, 9.17) is 9.51 Å². The minimum Gasteiger partial charge on any atom is -0.354 e. The molecule has 0 amide bonds. The first-order chi connectivity index (χ1) is 17.2. The molecular formula is C30H25N3OS. The first kappa shape index (κ1) is 21.7. The predicted molar refractivity (Wildman–Crippen MR) is 142 cm³/mol. The summed E-state index contributed by atoms with van der Waals surface area (Å²) in [5.41, 5.74) is 6.47. The van der Waals surface area contributed by atoms with E-state index in [1.807, 2.05) is 43.3 Å². The molecule has 5 heteroatoms. The Morgan fingerprint density at radius 3 is 2.17 bits per heavy atom. The Labute approximate surface area is 209 Å². The lowest BCUT2D eigenvalue weighted by atomic mass is 10.0. The van der Waals surface area contributed by atoms with Gasteiger partial charge in [-0.1, -0.05) is 89.7 Å². The molecule has 1 N–H and O–H groups in total. The molecule has 1 aliphatic rings. The number of benzene rings is 3. The Hall–Kier alpha value is -3.83. The minimum absolute atomic E-state index is 0.709. The second kappa shape index (κ2) is 9.43. The molecule has 2 heterocycles.